The zero-order valence-corrected chi connectivity index (χ0v) is 13.6. The van der Waals surface area contributed by atoms with Crippen molar-refractivity contribution in [1.29, 1.82) is 0 Å². The van der Waals surface area contributed by atoms with E-state index < -0.39 is 16.8 Å². The first-order valence-electron chi connectivity index (χ1n) is 7.20. The minimum atomic E-state index is -0.867. The van der Waals surface area contributed by atoms with E-state index in [4.69, 9.17) is 5.11 Å². The molecule has 0 aliphatic carbocycles. The molecular weight excluding hydrogens is 306 g/mol. The lowest BCUT2D eigenvalue weighted by molar-refractivity contribution is -0.133. The third kappa shape index (κ3) is 3.80. The zero-order chi connectivity index (χ0) is 16.3. The van der Waals surface area contributed by atoms with Gasteiger partial charge in [0.1, 0.15) is 11.4 Å². The summed E-state index contributed by atoms with van der Waals surface area (Å²) in [6, 6.07) is 0. The van der Waals surface area contributed by atoms with Crippen LogP contribution < -0.4 is 26.4 Å². The van der Waals surface area contributed by atoms with Gasteiger partial charge in [-0.25, -0.2) is 0 Å². The molecule has 0 atom stereocenters. The number of carboxylic acids is 1. The molecule has 1 aromatic carbocycles. The van der Waals surface area contributed by atoms with Crippen LogP contribution in [0, 0.1) is 0 Å². The van der Waals surface area contributed by atoms with Crippen molar-refractivity contribution >= 4 is 29.1 Å². The number of thioether (sulfide) groups is 1. The molecule has 0 unspecified atom stereocenters. The molecule has 1 aliphatic rings. The number of piperazine rings is 1. The fraction of sp³-hybridized carbons (Fsp3) is 0.643. The Bertz CT molecular complexity index is 616. The number of nitrogens with zero attached hydrogens (tertiary/aromatic N) is 1. The van der Waals surface area contributed by atoms with E-state index in [0.717, 1.165) is 13.1 Å². The third-order valence-corrected chi connectivity index (χ3v) is 4.91. The molecule has 1 fully saturated rings. The molecule has 0 amide bonds. The van der Waals surface area contributed by atoms with Crippen LogP contribution in [0.25, 0.3) is 0 Å². The number of anilines is 2. The summed E-state index contributed by atoms with van der Waals surface area (Å²) in [5.74, 6) is -0.862. The van der Waals surface area contributed by atoms with Crippen LogP contribution in [0.3, 0.4) is 0 Å². The molecular formula is C14H21N3O4S. The van der Waals surface area contributed by atoms with Gasteiger partial charge in [0.25, 0.3) is 10.9 Å². The first kappa shape index (κ1) is 16.8. The lowest BCUT2D eigenvalue weighted by Gasteiger charge is -2.32. The fourth-order valence-corrected chi connectivity index (χ4v) is 3.03. The van der Waals surface area contributed by atoms with Gasteiger partial charge in [-0.2, -0.15) is 0 Å². The molecule has 3 N–H and O–H groups in total. The molecule has 7 nitrogen and oxygen atoms in total. The van der Waals surface area contributed by atoms with Crippen molar-refractivity contribution in [2.24, 2.45) is 0 Å². The van der Waals surface area contributed by atoms with E-state index >= 15 is 0 Å². The molecule has 8 heteroatoms. The molecule has 0 bridgehead atoms. The van der Waals surface area contributed by atoms with Crippen LogP contribution in [0.2, 0.25) is 0 Å². The van der Waals surface area contributed by atoms with Crippen molar-refractivity contribution in [3.05, 3.63) is 20.4 Å². The van der Waals surface area contributed by atoms with Crippen molar-refractivity contribution in [2.45, 2.75) is 18.6 Å². The van der Waals surface area contributed by atoms with E-state index in [1.807, 2.05) is 18.7 Å². The highest BCUT2D eigenvalue weighted by atomic mass is 32.2. The minimum Gasteiger partial charge on any atom is -0.481 e. The van der Waals surface area contributed by atoms with Gasteiger partial charge in [0, 0.05) is 37.5 Å². The molecule has 1 aliphatic heterocycles. The quantitative estimate of drug-likeness (QED) is 0.587. The summed E-state index contributed by atoms with van der Waals surface area (Å²) < 4.78 is -0.348. The average molecular weight is 327 g/mol. The van der Waals surface area contributed by atoms with Crippen LogP contribution in [0.1, 0.15) is 13.8 Å². The Hall–Kier alpha value is -1.54. The molecule has 22 heavy (non-hydrogen) atoms. The maximum atomic E-state index is 11.8. The largest absolute Gasteiger partial charge is 0.481 e. The first-order valence-corrected chi connectivity index (χ1v) is 8.19. The highest BCUT2D eigenvalue weighted by Crippen LogP contribution is 2.26. The predicted octanol–water partition coefficient (Wildman–Crippen LogP) is -0.299. The molecule has 0 spiro atoms. The van der Waals surface area contributed by atoms with Gasteiger partial charge in [0.2, 0.25) is 0 Å². The van der Waals surface area contributed by atoms with Crippen molar-refractivity contribution < 1.29 is 9.90 Å². The maximum Gasteiger partial charge on any atom is 0.313 e. The summed E-state index contributed by atoms with van der Waals surface area (Å²) in [4.78, 5) is 36.2. The highest BCUT2D eigenvalue weighted by molar-refractivity contribution is 8.01. The zero-order valence-electron chi connectivity index (χ0n) is 12.8. The Kier molecular flexibility index (Phi) is 5.12. The highest BCUT2D eigenvalue weighted by Gasteiger charge is 2.28. The van der Waals surface area contributed by atoms with Gasteiger partial charge >= 0.3 is 5.97 Å². The molecule has 1 aromatic rings. The summed E-state index contributed by atoms with van der Waals surface area (Å²) in [6.07, 6.45) is 0. The number of nitrogens with one attached hydrogen (secondary N) is 2. The first-order chi connectivity index (χ1) is 10.3. The average Bonchev–Trinajstić information content (AvgIpc) is 2.49. The van der Waals surface area contributed by atoms with Gasteiger partial charge < -0.3 is 20.6 Å². The Balaban J connectivity index is 2.01. The lowest BCUT2D eigenvalue weighted by atomic mass is 10.1. The van der Waals surface area contributed by atoms with Crippen LogP contribution in [0.15, 0.2) is 9.59 Å². The normalized spacial score (nSPS) is 16.0. The number of aliphatic carboxylic acids is 1. The Morgan fingerprint density at radius 3 is 2.55 bits per heavy atom. The van der Waals surface area contributed by atoms with Gasteiger partial charge in [-0.05, 0) is 13.8 Å². The van der Waals surface area contributed by atoms with E-state index in [9.17, 15) is 14.4 Å². The van der Waals surface area contributed by atoms with Crippen LogP contribution in [0.4, 0.5) is 11.4 Å². The van der Waals surface area contributed by atoms with Crippen molar-refractivity contribution in [1.82, 2.24) is 5.32 Å². The second kappa shape index (κ2) is 6.70. The van der Waals surface area contributed by atoms with Crippen LogP contribution in [0.5, 0.6) is 0 Å². The van der Waals surface area contributed by atoms with Gasteiger partial charge in [-0.15, -0.1) is 11.8 Å². The monoisotopic (exact) mass is 327 g/mol. The molecule has 0 radical (unpaired) electrons. The minimum absolute atomic E-state index is 0.00521. The molecule has 1 heterocycles. The number of hydrogen-bond donors (Lipinski definition) is 3. The number of rotatable bonds is 7. The van der Waals surface area contributed by atoms with E-state index in [1.165, 1.54) is 11.8 Å². The number of carbonyl (C=O) groups is 1. The van der Waals surface area contributed by atoms with Gasteiger partial charge in [0.15, 0.2) is 0 Å². The smallest absolute Gasteiger partial charge is 0.313 e. The SMILES string of the molecule is CC(C)(CNc1c(N2CCNCC2)c(=O)c1=O)SCC(=O)O. The van der Waals surface area contributed by atoms with Crippen LogP contribution in [-0.2, 0) is 4.79 Å². The van der Waals surface area contributed by atoms with Gasteiger partial charge in [-0.3, -0.25) is 14.4 Å². The molecule has 0 saturated carbocycles. The molecule has 0 aromatic heterocycles. The standard InChI is InChI=1S/C14H21N3O4S/c1-14(2,22-7-9(18)19)8-16-10-11(13(21)12(10)20)17-5-3-15-4-6-17/h15-16H,3-8H2,1-2H3,(H,18,19). The Labute approximate surface area is 132 Å². The van der Waals surface area contributed by atoms with Crippen molar-refractivity contribution in [3.63, 3.8) is 0 Å². The Morgan fingerprint density at radius 1 is 1.32 bits per heavy atom. The van der Waals surface area contributed by atoms with E-state index in [2.05, 4.69) is 10.6 Å². The predicted molar refractivity (Wildman–Crippen MR) is 89.1 cm³/mol. The second-order valence-electron chi connectivity index (χ2n) is 5.91. The second-order valence-corrected chi connectivity index (χ2v) is 7.60. The maximum absolute atomic E-state index is 11.8. The topological polar surface area (TPSA) is 98.7 Å². The van der Waals surface area contributed by atoms with E-state index in [-0.39, 0.29) is 10.5 Å². The summed E-state index contributed by atoms with van der Waals surface area (Å²) in [7, 11) is 0. The van der Waals surface area contributed by atoms with Crippen molar-refractivity contribution in [2.75, 3.05) is 48.7 Å². The molecule has 122 valence electrons. The lowest BCUT2D eigenvalue weighted by Crippen LogP contribution is -2.50. The molecule has 2 rings (SSSR count). The summed E-state index contributed by atoms with van der Waals surface area (Å²) >= 11 is 1.30. The number of hydrogen-bond acceptors (Lipinski definition) is 7. The fourth-order valence-electron chi connectivity index (χ4n) is 2.34. The summed E-state index contributed by atoms with van der Waals surface area (Å²) in [6.45, 7) is 7.23. The molecule has 1 saturated heterocycles. The van der Waals surface area contributed by atoms with Gasteiger partial charge in [-0.1, -0.05) is 0 Å². The van der Waals surface area contributed by atoms with Crippen molar-refractivity contribution in [3.8, 4) is 0 Å². The summed E-state index contributed by atoms with van der Waals surface area (Å²) in [5, 5.41) is 15.0. The van der Waals surface area contributed by atoms with E-state index in [1.54, 1.807) is 0 Å². The van der Waals surface area contributed by atoms with Gasteiger partial charge in [0.05, 0.1) is 5.75 Å². The van der Waals surface area contributed by atoms with Crippen LogP contribution in [-0.4, -0.2) is 54.3 Å². The number of carboxylic acid groups (broad SMARTS) is 1. The van der Waals surface area contributed by atoms with E-state index in [0.29, 0.717) is 31.0 Å². The third-order valence-electron chi connectivity index (χ3n) is 3.60. The summed E-state index contributed by atoms with van der Waals surface area (Å²) in [5.41, 5.74) is -0.0607. The van der Waals surface area contributed by atoms with Crippen LogP contribution >= 0.6 is 11.8 Å². The Morgan fingerprint density at radius 2 is 1.95 bits per heavy atom.